The van der Waals surface area contributed by atoms with Gasteiger partial charge in [-0.25, -0.2) is 0 Å². The molecule has 0 saturated heterocycles. The Morgan fingerprint density at radius 3 is 1.83 bits per heavy atom. The van der Waals surface area contributed by atoms with Crippen molar-refractivity contribution >= 4 is 0 Å². The predicted molar refractivity (Wildman–Crippen MR) is 56.7 cm³/mol. The highest BCUT2D eigenvalue weighted by Gasteiger charge is 2.18. The van der Waals surface area contributed by atoms with E-state index < -0.39 is 0 Å². The summed E-state index contributed by atoms with van der Waals surface area (Å²) in [7, 11) is 0. The summed E-state index contributed by atoms with van der Waals surface area (Å²) in [4.78, 5) is 0. The van der Waals surface area contributed by atoms with E-state index in [2.05, 4.69) is 20.8 Å². The second-order valence-electron chi connectivity index (χ2n) is 3.53. The van der Waals surface area contributed by atoms with Gasteiger partial charge in [0.2, 0.25) is 0 Å². The fourth-order valence-electron chi connectivity index (χ4n) is 1.33. The molecular formula is C10H26N2. The number of nitrogens with two attached hydrogens (primary N) is 1. The second-order valence-corrected chi connectivity index (χ2v) is 3.53. The first-order valence-corrected chi connectivity index (χ1v) is 4.97. The Balaban J connectivity index is 0. The number of rotatable bonds is 6. The maximum Gasteiger partial charge on any atom is 0.0149 e. The van der Waals surface area contributed by atoms with Gasteiger partial charge in [-0.15, -0.1) is 0 Å². The molecule has 0 aliphatic carbocycles. The summed E-state index contributed by atoms with van der Waals surface area (Å²) in [5, 5.41) is 0. The molecule has 0 heterocycles. The van der Waals surface area contributed by atoms with Gasteiger partial charge in [-0.1, -0.05) is 40.0 Å². The maximum atomic E-state index is 6.14. The number of hydrogen-bond acceptors (Lipinski definition) is 2. The van der Waals surface area contributed by atoms with Crippen LogP contribution < -0.4 is 11.9 Å². The Morgan fingerprint density at radius 2 is 1.50 bits per heavy atom. The molecule has 0 amide bonds. The Hall–Kier alpha value is -0.0800. The monoisotopic (exact) mass is 174 g/mol. The van der Waals surface area contributed by atoms with Gasteiger partial charge < -0.3 is 11.9 Å². The van der Waals surface area contributed by atoms with Crippen molar-refractivity contribution in [3.05, 3.63) is 0 Å². The summed E-state index contributed by atoms with van der Waals surface area (Å²) in [6, 6.07) is 0. The standard InChI is InChI=1S/C10H23N.H3N/c1-4-7-8-9-10(11,5-2)6-3;/h4-9,11H2,1-3H3;1H3. The van der Waals surface area contributed by atoms with Gasteiger partial charge in [0.1, 0.15) is 0 Å². The van der Waals surface area contributed by atoms with E-state index in [-0.39, 0.29) is 11.7 Å². The lowest BCUT2D eigenvalue weighted by Crippen LogP contribution is -2.38. The smallest absolute Gasteiger partial charge is 0.0149 e. The molecule has 76 valence electrons. The van der Waals surface area contributed by atoms with Gasteiger partial charge in [0.15, 0.2) is 0 Å². The molecular weight excluding hydrogens is 148 g/mol. The molecule has 0 spiro atoms. The van der Waals surface area contributed by atoms with Crippen LogP contribution in [0.3, 0.4) is 0 Å². The van der Waals surface area contributed by atoms with Gasteiger partial charge in [-0.3, -0.25) is 0 Å². The zero-order chi connectivity index (χ0) is 8.74. The molecule has 5 N–H and O–H groups in total. The van der Waals surface area contributed by atoms with E-state index in [1.54, 1.807) is 0 Å². The van der Waals surface area contributed by atoms with Crippen LogP contribution in [0.25, 0.3) is 0 Å². The highest BCUT2D eigenvalue weighted by atomic mass is 14.7. The molecule has 0 unspecified atom stereocenters. The number of hydrogen-bond donors (Lipinski definition) is 2. The average Bonchev–Trinajstić information content (AvgIpc) is 2.05. The minimum Gasteiger partial charge on any atom is -0.344 e. The minimum atomic E-state index is 0. The van der Waals surface area contributed by atoms with Crippen LogP contribution in [-0.4, -0.2) is 5.54 Å². The zero-order valence-corrected chi connectivity index (χ0v) is 9.03. The minimum absolute atomic E-state index is 0. The Labute approximate surface area is 77.5 Å². The molecule has 0 radical (unpaired) electrons. The first-order valence-electron chi connectivity index (χ1n) is 4.97. The quantitative estimate of drug-likeness (QED) is 0.607. The van der Waals surface area contributed by atoms with Crippen molar-refractivity contribution in [2.75, 3.05) is 0 Å². The van der Waals surface area contributed by atoms with E-state index in [0.29, 0.717) is 0 Å². The molecule has 2 heteroatoms. The second kappa shape index (κ2) is 7.56. The van der Waals surface area contributed by atoms with E-state index in [9.17, 15) is 0 Å². The molecule has 0 aliphatic rings. The molecule has 0 aromatic heterocycles. The molecule has 0 aromatic carbocycles. The van der Waals surface area contributed by atoms with E-state index >= 15 is 0 Å². The molecule has 0 rings (SSSR count). The Kier molecular flexibility index (Phi) is 9.10. The topological polar surface area (TPSA) is 61.0 Å². The average molecular weight is 174 g/mol. The van der Waals surface area contributed by atoms with Crippen molar-refractivity contribution in [2.45, 2.75) is 64.8 Å². The van der Waals surface area contributed by atoms with Crippen LogP contribution in [0.4, 0.5) is 0 Å². The summed E-state index contributed by atoms with van der Waals surface area (Å²) in [6.07, 6.45) is 7.37. The van der Waals surface area contributed by atoms with Crippen LogP contribution in [0, 0.1) is 0 Å². The molecule has 0 saturated carbocycles. The Bertz CT molecular complexity index is 87.8. The van der Waals surface area contributed by atoms with Crippen molar-refractivity contribution < 1.29 is 0 Å². The summed E-state index contributed by atoms with van der Waals surface area (Å²) in [6.45, 7) is 6.61. The molecule has 0 bridgehead atoms. The first kappa shape index (κ1) is 14.4. The van der Waals surface area contributed by atoms with Crippen LogP contribution in [0.2, 0.25) is 0 Å². The lowest BCUT2D eigenvalue weighted by atomic mass is 9.88. The lowest BCUT2D eigenvalue weighted by Gasteiger charge is -2.26. The van der Waals surface area contributed by atoms with Crippen LogP contribution in [0.5, 0.6) is 0 Å². The first-order chi connectivity index (χ1) is 5.18. The van der Waals surface area contributed by atoms with Crippen LogP contribution in [-0.2, 0) is 0 Å². The van der Waals surface area contributed by atoms with E-state index in [1.165, 1.54) is 25.7 Å². The summed E-state index contributed by atoms with van der Waals surface area (Å²) >= 11 is 0. The molecule has 12 heavy (non-hydrogen) atoms. The fourth-order valence-corrected chi connectivity index (χ4v) is 1.33. The summed E-state index contributed by atoms with van der Waals surface area (Å²) in [5.74, 6) is 0. The van der Waals surface area contributed by atoms with Crippen LogP contribution in [0.15, 0.2) is 0 Å². The highest BCUT2D eigenvalue weighted by Crippen LogP contribution is 2.19. The van der Waals surface area contributed by atoms with Crippen LogP contribution >= 0.6 is 0 Å². The largest absolute Gasteiger partial charge is 0.344 e. The van der Waals surface area contributed by atoms with Gasteiger partial charge >= 0.3 is 0 Å². The third-order valence-corrected chi connectivity index (χ3v) is 2.69. The summed E-state index contributed by atoms with van der Waals surface area (Å²) in [5.41, 5.74) is 6.27. The van der Waals surface area contributed by atoms with E-state index in [0.717, 1.165) is 12.8 Å². The van der Waals surface area contributed by atoms with Gasteiger partial charge in [0.05, 0.1) is 0 Å². The van der Waals surface area contributed by atoms with Crippen molar-refractivity contribution in [1.29, 1.82) is 0 Å². The van der Waals surface area contributed by atoms with Crippen molar-refractivity contribution in [3.63, 3.8) is 0 Å². The molecule has 0 aromatic rings. The fraction of sp³-hybridized carbons (Fsp3) is 1.00. The SMILES string of the molecule is CCCCCC(N)(CC)CC.N. The molecule has 0 atom stereocenters. The summed E-state index contributed by atoms with van der Waals surface area (Å²) < 4.78 is 0. The van der Waals surface area contributed by atoms with Gasteiger partial charge in [0.25, 0.3) is 0 Å². The normalized spacial score (nSPS) is 11.0. The zero-order valence-electron chi connectivity index (χ0n) is 9.03. The molecule has 0 fully saturated rings. The predicted octanol–water partition coefficient (Wildman–Crippen LogP) is 3.25. The van der Waals surface area contributed by atoms with Crippen molar-refractivity contribution in [1.82, 2.24) is 6.15 Å². The van der Waals surface area contributed by atoms with Gasteiger partial charge in [-0.05, 0) is 19.3 Å². The highest BCUT2D eigenvalue weighted by molar-refractivity contribution is 4.80. The van der Waals surface area contributed by atoms with Gasteiger partial charge in [-0.2, -0.15) is 0 Å². The van der Waals surface area contributed by atoms with Crippen LogP contribution in [0.1, 0.15) is 59.3 Å². The van der Waals surface area contributed by atoms with E-state index in [1.807, 2.05) is 0 Å². The Morgan fingerprint density at radius 1 is 1.00 bits per heavy atom. The molecule has 0 aliphatic heterocycles. The molecule has 2 nitrogen and oxygen atoms in total. The maximum absolute atomic E-state index is 6.14. The van der Waals surface area contributed by atoms with E-state index in [4.69, 9.17) is 5.73 Å². The number of unbranched alkanes of at least 4 members (excludes halogenated alkanes) is 2. The third-order valence-electron chi connectivity index (χ3n) is 2.69. The van der Waals surface area contributed by atoms with Gasteiger partial charge in [0, 0.05) is 5.54 Å². The lowest BCUT2D eigenvalue weighted by molar-refractivity contribution is 0.352. The van der Waals surface area contributed by atoms with Crippen molar-refractivity contribution in [2.24, 2.45) is 5.73 Å². The third kappa shape index (κ3) is 5.56. The van der Waals surface area contributed by atoms with Crippen molar-refractivity contribution in [3.8, 4) is 0 Å².